The minimum atomic E-state index is 0.722. The van der Waals surface area contributed by atoms with Crippen molar-refractivity contribution in [2.45, 2.75) is 11.3 Å². The third-order valence-corrected chi connectivity index (χ3v) is 2.91. The third-order valence-electron chi connectivity index (χ3n) is 2.18. The lowest BCUT2D eigenvalue weighted by Crippen LogP contribution is -2.11. The van der Waals surface area contributed by atoms with Crippen molar-refractivity contribution >= 4 is 23.3 Å². The molecule has 0 saturated carbocycles. The summed E-state index contributed by atoms with van der Waals surface area (Å²) in [7, 11) is 0. The summed E-state index contributed by atoms with van der Waals surface area (Å²) in [5.74, 6) is 0.722. The number of hydrazone groups is 1. The molecule has 0 radical (unpaired) electrons. The van der Waals surface area contributed by atoms with E-state index in [-0.39, 0.29) is 0 Å². The molecule has 0 amide bonds. The van der Waals surface area contributed by atoms with Crippen LogP contribution >= 0.6 is 11.8 Å². The highest BCUT2D eigenvalue weighted by Crippen LogP contribution is 2.23. The number of amidine groups is 1. The van der Waals surface area contributed by atoms with Crippen LogP contribution in [0.1, 0.15) is 6.42 Å². The van der Waals surface area contributed by atoms with Crippen molar-refractivity contribution in [1.29, 1.82) is 0 Å². The van der Waals surface area contributed by atoms with Gasteiger partial charge in [0.25, 0.3) is 0 Å². The molecule has 2 N–H and O–H groups in total. The summed E-state index contributed by atoms with van der Waals surface area (Å²) in [6.07, 6.45) is 2.93. The standard InChI is InChI=1S/C10H13N3S/c1-14-9-4-2-3-8(7-9)13-6-5-10(11)12-13/h2-4,7H,5-6H2,1H3,(H2,11,12). The first-order valence-corrected chi connectivity index (χ1v) is 5.76. The Labute approximate surface area is 88.0 Å². The van der Waals surface area contributed by atoms with Crippen LogP contribution in [0.3, 0.4) is 0 Å². The zero-order valence-corrected chi connectivity index (χ0v) is 8.92. The molecule has 3 nitrogen and oxygen atoms in total. The maximum absolute atomic E-state index is 5.64. The molecule has 0 atom stereocenters. The molecule has 1 aliphatic heterocycles. The monoisotopic (exact) mass is 207 g/mol. The molecule has 1 heterocycles. The van der Waals surface area contributed by atoms with Crippen molar-refractivity contribution < 1.29 is 0 Å². The molecule has 74 valence electrons. The molecule has 14 heavy (non-hydrogen) atoms. The Hall–Kier alpha value is -1.16. The van der Waals surface area contributed by atoms with E-state index in [1.807, 2.05) is 11.1 Å². The number of nitrogens with two attached hydrogens (primary N) is 1. The van der Waals surface area contributed by atoms with Gasteiger partial charge in [0, 0.05) is 17.9 Å². The average molecular weight is 207 g/mol. The zero-order chi connectivity index (χ0) is 9.97. The van der Waals surface area contributed by atoms with Gasteiger partial charge in [-0.15, -0.1) is 11.8 Å². The number of benzene rings is 1. The first kappa shape index (κ1) is 9.40. The highest BCUT2D eigenvalue weighted by molar-refractivity contribution is 7.98. The van der Waals surface area contributed by atoms with Crippen LogP contribution in [0.5, 0.6) is 0 Å². The Bertz CT molecular complexity index is 362. The van der Waals surface area contributed by atoms with Crippen molar-refractivity contribution in [2.75, 3.05) is 17.8 Å². The van der Waals surface area contributed by atoms with E-state index in [2.05, 4.69) is 29.6 Å². The molecule has 4 heteroatoms. The summed E-state index contributed by atoms with van der Waals surface area (Å²) < 4.78 is 0. The molecule has 2 rings (SSSR count). The van der Waals surface area contributed by atoms with Crippen LogP contribution in [-0.4, -0.2) is 18.6 Å². The van der Waals surface area contributed by atoms with E-state index in [1.54, 1.807) is 11.8 Å². The maximum Gasteiger partial charge on any atom is 0.122 e. The highest BCUT2D eigenvalue weighted by atomic mass is 32.2. The number of nitrogens with zero attached hydrogens (tertiary/aromatic N) is 2. The first-order valence-electron chi connectivity index (χ1n) is 4.54. The first-order chi connectivity index (χ1) is 6.79. The third kappa shape index (κ3) is 1.85. The quantitative estimate of drug-likeness (QED) is 0.753. The average Bonchev–Trinajstić information content (AvgIpc) is 2.65. The van der Waals surface area contributed by atoms with Gasteiger partial charge >= 0.3 is 0 Å². The van der Waals surface area contributed by atoms with E-state index < -0.39 is 0 Å². The van der Waals surface area contributed by atoms with Crippen LogP contribution in [0, 0.1) is 0 Å². The second kappa shape index (κ2) is 3.92. The normalized spacial score (nSPS) is 15.8. The van der Waals surface area contributed by atoms with Gasteiger partial charge in [-0.1, -0.05) is 6.07 Å². The molecule has 0 aromatic heterocycles. The second-order valence-corrected chi connectivity index (χ2v) is 4.05. The molecule has 1 aromatic rings. The SMILES string of the molecule is CSc1cccc(N2CCC(N)=N2)c1. The Morgan fingerprint density at radius 1 is 1.50 bits per heavy atom. The number of rotatable bonds is 2. The molecular weight excluding hydrogens is 194 g/mol. The topological polar surface area (TPSA) is 41.6 Å². The lowest BCUT2D eigenvalue weighted by molar-refractivity contribution is 0.919. The van der Waals surface area contributed by atoms with E-state index in [0.29, 0.717) is 0 Å². The lowest BCUT2D eigenvalue weighted by atomic mass is 10.3. The number of thioether (sulfide) groups is 1. The van der Waals surface area contributed by atoms with Crippen LogP contribution in [0.4, 0.5) is 5.69 Å². The van der Waals surface area contributed by atoms with Gasteiger partial charge in [-0.3, -0.25) is 5.01 Å². The van der Waals surface area contributed by atoms with Crippen molar-refractivity contribution in [3.8, 4) is 0 Å². The smallest absolute Gasteiger partial charge is 0.122 e. The van der Waals surface area contributed by atoms with E-state index in [9.17, 15) is 0 Å². The highest BCUT2D eigenvalue weighted by Gasteiger charge is 2.13. The molecule has 0 unspecified atom stereocenters. The summed E-state index contributed by atoms with van der Waals surface area (Å²) in [4.78, 5) is 1.25. The van der Waals surface area contributed by atoms with E-state index in [4.69, 9.17) is 5.73 Å². The van der Waals surface area contributed by atoms with Gasteiger partial charge in [-0.2, -0.15) is 5.10 Å². The van der Waals surface area contributed by atoms with Crippen LogP contribution in [0.25, 0.3) is 0 Å². The molecular formula is C10H13N3S. The minimum Gasteiger partial charge on any atom is -0.386 e. The Kier molecular flexibility index (Phi) is 2.63. The van der Waals surface area contributed by atoms with Crippen LogP contribution in [0.15, 0.2) is 34.3 Å². The predicted molar refractivity (Wildman–Crippen MR) is 61.8 cm³/mol. The van der Waals surface area contributed by atoms with Crippen LogP contribution < -0.4 is 10.7 Å². The van der Waals surface area contributed by atoms with Gasteiger partial charge in [0.15, 0.2) is 0 Å². The Morgan fingerprint density at radius 3 is 3.00 bits per heavy atom. The molecule has 0 fully saturated rings. The molecule has 0 bridgehead atoms. The summed E-state index contributed by atoms with van der Waals surface area (Å²) in [6.45, 7) is 0.893. The molecule has 0 spiro atoms. The minimum absolute atomic E-state index is 0.722. The number of anilines is 1. The van der Waals surface area contributed by atoms with E-state index in [0.717, 1.165) is 24.5 Å². The molecule has 0 aliphatic carbocycles. The maximum atomic E-state index is 5.64. The summed E-state index contributed by atoms with van der Waals surface area (Å²) in [6, 6.07) is 8.33. The van der Waals surface area contributed by atoms with Gasteiger partial charge < -0.3 is 5.73 Å². The van der Waals surface area contributed by atoms with Gasteiger partial charge in [0.1, 0.15) is 5.84 Å². The van der Waals surface area contributed by atoms with E-state index in [1.165, 1.54) is 4.90 Å². The summed E-state index contributed by atoms with van der Waals surface area (Å²) in [5, 5.41) is 6.21. The fourth-order valence-electron chi connectivity index (χ4n) is 1.43. The largest absolute Gasteiger partial charge is 0.386 e. The predicted octanol–water partition coefficient (Wildman–Crippen LogP) is 1.89. The fourth-order valence-corrected chi connectivity index (χ4v) is 1.89. The molecule has 1 aromatic carbocycles. The van der Waals surface area contributed by atoms with Gasteiger partial charge in [0.2, 0.25) is 0 Å². The van der Waals surface area contributed by atoms with Crippen LogP contribution in [-0.2, 0) is 0 Å². The molecule has 1 aliphatic rings. The molecule has 0 saturated heterocycles. The van der Waals surface area contributed by atoms with Crippen molar-refractivity contribution in [3.05, 3.63) is 24.3 Å². The lowest BCUT2D eigenvalue weighted by Gasteiger charge is -2.13. The van der Waals surface area contributed by atoms with Gasteiger partial charge in [-0.05, 0) is 24.5 Å². The number of hydrogen-bond acceptors (Lipinski definition) is 4. The van der Waals surface area contributed by atoms with Gasteiger partial charge in [-0.25, -0.2) is 0 Å². The van der Waals surface area contributed by atoms with Crippen molar-refractivity contribution in [1.82, 2.24) is 0 Å². The Balaban J connectivity index is 2.24. The van der Waals surface area contributed by atoms with Gasteiger partial charge in [0.05, 0.1) is 5.69 Å². The van der Waals surface area contributed by atoms with Crippen molar-refractivity contribution in [3.63, 3.8) is 0 Å². The van der Waals surface area contributed by atoms with E-state index >= 15 is 0 Å². The van der Waals surface area contributed by atoms with Crippen LogP contribution in [0.2, 0.25) is 0 Å². The second-order valence-electron chi connectivity index (χ2n) is 3.17. The number of hydrogen-bond donors (Lipinski definition) is 1. The summed E-state index contributed by atoms with van der Waals surface area (Å²) >= 11 is 1.74. The summed E-state index contributed by atoms with van der Waals surface area (Å²) in [5.41, 5.74) is 6.76. The fraction of sp³-hybridized carbons (Fsp3) is 0.300. The van der Waals surface area contributed by atoms with Crippen molar-refractivity contribution in [2.24, 2.45) is 10.8 Å². The zero-order valence-electron chi connectivity index (χ0n) is 8.10. The Morgan fingerprint density at radius 2 is 2.36 bits per heavy atom.